The Morgan fingerprint density at radius 2 is 2.19 bits per heavy atom. The van der Waals surface area contributed by atoms with Crippen molar-refractivity contribution >= 4 is 11.8 Å². The van der Waals surface area contributed by atoms with E-state index in [1.54, 1.807) is 18.6 Å². The second-order valence-electron chi connectivity index (χ2n) is 8.51. The fourth-order valence-electron chi connectivity index (χ4n) is 4.58. The molecule has 166 valence electrons. The lowest BCUT2D eigenvalue weighted by atomic mass is 9.76. The zero-order valence-corrected chi connectivity index (χ0v) is 18.3. The molecule has 0 radical (unpaired) electrons. The number of aryl methyl sites for hydroxylation is 1. The number of carbonyl (C=O) groups is 1. The molecule has 0 bridgehead atoms. The van der Waals surface area contributed by atoms with Crippen LogP contribution in [0.1, 0.15) is 37.6 Å². The third kappa shape index (κ3) is 3.43. The van der Waals surface area contributed by atoms with Crippen molar-refractivity contribution in [1.29, 1.82) is 0 Å². The number of nitrogen functional groups attached to an aromatic ring is 1. The molecule has 9 nitrogen and oxygen atoms in total. The summed E-state index contributed by atoms with van der Waals surface area (Å²) < 4.78 is 8.15. The van der Waals surface area contributed by atoms with Gasteiger partial charge >= 0.3 is 6.03 Å². The molecule has 1 saturated heterocycles. The highest BCUT2D eigenvalue weighted by Gasteiger charge is 2.51. The summed E-state index contributed by atoms with van der Waals surface area (Å²) in [5.74, 6) is 0.858. The fourth-order valence-corrected chi connectivity index (χ4v) is 4.58. The van der Waals surface area contributed by atoms with Gasteiger partial charge in [-0.3, -0.25) is 9.67 Å². The van der Waals surface area contributed by atoms with E-state index in [4.69, 9.17) is 15.6 Å². The van der Waals surface area contributed by atoms with Crippen LogP contribution in [0.4, 0.5) is 10.6 Å². The number of fused-ring (bicyclic) bond motifs is 2. The van der Waals surface area contributed by atoms with Gasteiger partial charge in [0.05, 0.1) is 5.69 Å². The second kappa shape index (κ2) is 7.81. The van der Waals surface area contributed by atoms with Crippen molar-refractivity contribution in [3.8, 4) is 17.0 Å². The molecule has 5 heterocycles. The van der Waals surface area contributed by atoms with E-state index < -0.39 is 0 Å². The maximum absolute atomic E-state index is 12.1. The van der Waals surface area contributed by atoms with E-state index in [0.29, 0.717) is 18.1 Å². The quantitative estimate of drug-likeness (QED) is 0.640. The lowest BCUT2D eigenvalue weighted by Crippen LogP contribution is -2.62. The number of urea groups is 1. The zero-order valence-electron chi connectivity index (χ0n) is 18.3. The minimum Gasteiger partial charge on any atom is -0.482 e. The van der Waals surface area contributed by atoms with Gasteiger partial charge in [0.15, 0.2) is 11.6 Å². The van der Waals surface area contributed by atoms with Gasteiger partial charge in [-0.2, -0.15) is 5.10 Å². The number of rotatable bonds is 5. The van der Waals surface area contributed by atoms with Gasteiger partial charge in [-0.25, -0.2) is 9.78 Å². The number of nitrogens with zero attached hydrogens (tertiary/aromatic N) is 5. The number of amides is 2. The first kappa shape index (κ1) is 20.3. The Morgan fingerprint density at radius 3 is 2.94 bits per heavy atom. The van der Waals surface area contributed by atoms with Crippen LogP contribution in [0.25, 0.3) is 11.3 Å². The summed E-state index contributed by atoms with van der Waals surface area (Å²) >= 11 is 0. The van der Waals surface area contributed by atoms with Gasteiger partial charge in [0, 0.05) is 67.0 Å². The molecule has 1 spiro atoms. The largest absolute Gasteiger partial charge is 0.482 e. The predicted molar refractivity (Wildman–Crippen MR) is 120 cm³/mol. The van der Waals surface area contributed by atoms with Gasteiger partial charge in [-0.15, -0.1) is 0 Å². The van der Waals surface area contributed by atoms with E-state index in [1.807, 2.05) is 36.9 Å². The Hall–Kier alpha value is -3.62. The lowest BCUT2D eigenvalue weighted by molar-refractivity contribution is 0.0925. The van der Waals surface area contributed by atoms with Crippen LogP contribution in [0.5, 0.6) is 5.75 Å². The molecule has 3 aromatic heterocycles. The highest BCUT2D eigenvalue weighted by Crippen LogP contribution is 2.44. The van der Waals surface area contributed by atoms with Gasteiger partial charge in [0.25, 0.3) is 0 Å². The maximum atomic E-state index is 12.1. The molecule has 3 aromatic rings. The Labute approximate surface area is 186 Å². The molecule has 0 saturated carbocycles. The number of hydrogen-bond acceptors (Lipinski definition) is 6. The highest BCUT2D eigenvalue weighted by molar-refractivity contribution is 5.76. The predicted octanol–water partition coefficient (Wildman–Crippen LogP) is 2.75. The van der Waals surface area contributed by atoms with E-state index in [2.05, 4.69) is 26.0 Å². The first-order chi connectivity index (χ1) is 15.5. The van der Waals surface area contributed by atoms with Crippen LogP contribution in [0.15, 0.2) is 42.9 Å². The summed E-state index contributed by atoms with van der Waals surface area (Å²) in [6.07, 6.45) is 6.02. The Bertz CT molecular complexity index is 1140. The van der Waals surface area contributed by atoms with Gasteiger partial charge in [0.1, 0.15) is 6.10 Å². The minimum atomic E-state index is -0.214. The van der Waals surface area contributed by atoms with Crippen molar-refractivity contribution in [1.82, 2.24) is 30.0 Å². The third-order valence-electron chi connectivity index (χ3n) is 6.36. The van der Waals surface area contributed by atoms with Crippen LogP contribution in [-0.2, 0) is 12.0 Å². The molecule has 5 rings (SSSR count). The number of nitrogens with two attached hydrogens (primary N) is 1. The first-order valence-electron chi connectivity index (χ1n) is 10.9. The average molecular weight is 434 g/mol. The molecule has 32 heavy (non-hydrogen) atoms. The monoisotopic (exact) mass is 433 g/mol. The maximum Gasteiger partial charge on any atom is 0.317 e. The average Bonchev–Trinajstić information content (AvgIpc) is 3.34. The van der Waals surface area contributed by atoms with Gasteiger partial charge < -0.3 is 20.7 Å². The summed E-state index contributed by atoms with van der Waals surface area (Å²) in [6, 6.07) is 7.85. The number of likely N-dealkylation sites (tertiary alicyclic amines) is 1. The van der Waals surface area contributed by atoms with Crippen LogP contribution in [-0.4, -0.2) is 50.3 Å². The number of ether oxygens (including phenoxy) is 1. The van der Waals surface area contributed by atoms with Gasteiger partial charge in [0.2, 0.25) is 0 Å². The molecular weight excluding hydrogens is 406 g/mol. The first-order valence-corrected chi connectivity index (χ1v) is 10.9. The Morgan fingerprint density at radius 1 is 1.34 bits per heavy atom. The molecule has 9 heteroatoms. The van der Waals surface area contributed by atoms with E-state index in [1.165, 1.54) is 5.69 Å². The van der Waals surface area contributed by atoms with Crippen molar-refractivity contribution in [3.63, 3.8) is 0 Å². The number of hydrogen-bond donors (Lipinski definition) is 2. The summed E-state index contributed by atoms with van der Waals surface area (Å²) in [4.78, 5) is 22.5. The lowest BCUT2D eigenvalue weighted by Gasteiger charge is -2.47. The third-order valence-corrected chi connectivity index (χ3v) is 6.36. The topological polar surface area (TPSA) is 111 Å². The molecular formula is C23H27N7O2. The Balaban J connectivity index is 1.36. The fraction of sp³-hybridized carbons (Fsp3) is 0.391. The van der Waals surface area contributed by atoms with E-state index in [-0.39, 0.29) is 17.6 Å². The van der Waals surface area contributed by atoms with Crippen molar-refractivity contribution < 1.29 is 9.53 Å². The van der Waals surface area contributed by atoms with E-state index in [9.17, 15) is 4.79 Å². The molecule has 0 aliphatic carbocycles. The molecule has 2 aliphatic rings. The van der Waals surface area contributed by atoms with Crippen LogP contribution in [0.2, 0.25) is 0 Å². The standard InChI is InChI=1S/C23H27N7O2/c1-3-26-22(31)29-13-23(14-29)6-8-30-20(23)10-18(28-30)17-9-19(21(24)27-12-17)32-15(2)16-5-4-7-25-11-16/h4-5,7,9-12,15H,3,6,8,13-14H2,1-2H3,(H2,24,27)(H,26,31). The highest BCUT2D eigenvalue weighted by atomic mass is 16.5. The zero-order chi connectivity index (χ0) is 22.3. The van der Waals surface area contributed by atoms with Crippen molar-refractivity contribution in [2.45, 2.75) is 38.3 Å². The number of aromatic nitrogens is 4. The van der Waals surface area contributed by atoms with Crippen molar-refractivity contribution in [2.75, 3.05) is 25.4 Å². The molecule has 1 fully saturated rings. The van der Waals surface area contributed by atoms with Gasteiger partial charge in [-0.1, -0.05) is 6.07 Å². The number of carbonyl (C=O) groups excluding carboxylic acids is 1. The molecule has 0 aromatic carbocycles. The van der Waals surface area contributed by atoms with Crippen LogP contribution >= 0.6 is 0 Å². The molecule has 2 amide bonds. The summed E-state index contributed by atoms with van der Waals surface area (Å²) in [6.45, 7) is 6.82. The number of nitrogens with one attached hydrogen (secondary N) is 1. The number of anilines is 1. The van der Waals surface area contributed by atoms with E-state index >= 15 is 0 Å². The van der Waals surface area contributed by atoms with Crippen LogP contribution in [0, 0.1) is 0 Å². The molecule has 2 aliphatic heterocycles. The second-order valence-corrected chi connectivity index (χ2v) is 8.51. The van der Waals surface area contributed by atoms with Crippen molar-refractivity contribution in [3.05, 3.63) is 54.1 Å². The van der Waals surface area contributed by atoms with Crippen LogP contribution in [0.3, 0.4) is 0 Å². The summed E-state index contributed by atoms with van der Waals surface area (Å²) in [5, 5.41) is 7.68. The van der Waals surface area contributed by atoms with E-state index in [0.717, 1.165) is 42.9 Å². The summed E-state index contributed by atoms with van der Waals surface area (Å²) in [7, 11) is 0. The summed E-state index contributed by atoms with van der Waals surface area (Å²) in [5.41, 5.74) is 9.90. The van der Waals surface area contributed by atoms with Gasteiger partial charge in [-0.05, 0) is 38.5 Å². The SMILES string of the molecule is CCNC(=O)N1CC2(CCn3nc(-c4cnc(N)c(OC(C)c5cccnc5)c4)cc32)C1. The minimum absolute atomic E-state index is 0.00331. The smallest absolute Gasteiger partial charge is 0.317 e. The van der Waals surface area contributed by atoms with Crippen LogP contribution < -0.4 is 15.8 Å². The molecule has 1 atom stereocenters. The Kier molecular flexibility index (Phi) is 4.96. The number of pyridine rings is 2. The van der Waals surface area contributed by atoms with Crippen molar-refractivity contribution in [2.24, 2.45) is 0 Å². The molecule has 1 unspecified atom stereocenters. The normalized spacial score (nSPS) is 17.0. The molecule has 3 N–H and O–H groups in total.